The quantitative estimate of drug-likeness (QED) is 0.290. The maximum absolute atomic E-state index is 14.8. The van der Waals surface area contributed by atoms with E-state index in [1.807, 2.05) is 53.3 Å². The van der Waals surface area contributed by atoms with E-state index >= 15 is 0 Å². The number of nitrogens with one attached hydrogen (secondary N) is 1. The van der Waals surface area contributed by atoms with Gasteiger partial charge in [0.05, 0.1) is 36.1 Å². The highest BCUT2D eigenvalue weighted by molar-refractivity contribution is 6.05. The minimum Gasteiger partial charge on any atom is -0.375 e. The Balaban J connectivity index is 1.31. The van der Waals surface area contributed by atoms with E-state index in [-0.39, 0.29) is 17.4 Å². The molecule has 0 saturated heterocycles. The molecule has 0 saturated carbocycles. The zero-order valence-corrected chi connectivity index (χ0v) is 20.5. The molecule has 0 radical (unpaired) electrons. The van der Waals surface area contributed by atoms with Gasteiger partial charge in [0.15, 0.2) is 5.82 Å². The van der Waals surface area contributed by atoms with Crippen molar-refractivity contribution in [3.05, 3.63) is 90.3 Å². The number of carbonyl (C=O) groups is 1. The molecule has 0 bridgehead atoms. The van der Waals surface area contributed by atoms with Crippen LogP contribution in [0.25, 0.3) is 22.6 Å². The second kappa shape index (κ2) is 10.7. The lowest BCUT2D eigenvalue weighted by molar-refractivity contribution is 0.102. The van der Waals surface area contributed by atoms with Crippen molar-refractivity contribution in [1.82, 2.24) is 29.3 Å². The molecule has 188 valence electrons. The largest absolute Gasteiger partial charge is 0.375 e. The van der Waals surface area contributed by atoms with Gasteiger partial charge in [0.1, 0.15) is 23.7 Å². The van der Waals surface area contributed by atoms with Crippen LogP contribution in [0.2, 0.25) is 0 Å². The maximum atomic E-state index is 14.8. The third-order valence-electron chi connectivity index (χ3n) is 5.89. The van der Waals surface area contributed by atoms with Crippen molar-refractivity contribution in [2.45, 2.75) is 33.0 Å². The van der Waals surface area contributed by atoms with Crippen molar-refractivity contribution in [3.8, 4) is 11.5 Å². The lowest BCUT2D eigenvalue weighted by atomic mass is 10.1. The molecule has 1 amide bonds. The van der Waals surface area contributed by atoms with Crippen LogP contribution in [0.5, 0.6) is 0 Å². The molecule has 2 aromatic carbocycles. The molecule has 0 aliphatic carbocycles. The molecule has 0 aliphatic heterocycles. The number of nitrogens with zero attached hydrogens (tertiary/aromatic N) is 6. The number of aromatic nitrogens is 6. The first-order valence-electron chi connectivity index (χ1n) is 11.9. The predicted molar refractivity (Wildman–Crippen MR) is 137 cm³/mol. The summed E-state index contributed by atoms with van der Waals surface area (Å²) in [4.78, 5) is 21.8. The van der Waals surface area contributed by atoms with E-state index in [9.17, 15) is 9.18 Å². The minimum absolute atomic E-state index is 0.1000. The molecule has 0 fully saturated rings. The lowest BCUT2D eigenvalue weighted by Crippen LogP contribution is -2.15. The fourth-order valence-electron chi connectivity index (χ4n) is 3.97. The highest BCUT2D eigenvalue weighted by atomic mass is 19.1. The maximum Gasteiger partial charge on any atom is 0.259 e. The van der Waals surface area contributed by atoms with E-state index < -0.39 is 11.7 Å². The van der Waals surface area contributed by atoms with Gasteiger partial charge in [0, 0.05) is 18.7 Å². The van der Waals surface area contributed by atoms with Crippen LogP contribution in [0.3, 0.4) is 0 Å². The van der Waals surface area contributed by atoms with Gasteiger partial charge < -0.3 is 19.2 Å². The van der Waals surface area contributed by atoms with Gasteiger partial charge in [-0.25, -0.2) is 14.4 Å². The normalized spacial score (nSPS) is 11.4. The molecule has 0 aliphatic rings. The number of anilines is 1. The van der Waals surface area contributed by atoms with Crippen molar-refractivity contribution in [1.29, 1.82) is 0 Å². The number of halogens is 1. The number of carbonyl (C=O) groups excluding carboxylic acids is 1. The monoisotopic (exact) mass is 499 g/mol. The van der Waals surface area contributed by atoms with Crippen LogP contribution >= 0.6 is 0 Å². The van der Waals surface area contributed by atoms with Crippen LogP contribution in [0.4, 0.5) is 10.2 Å². The Hall–Kier alpha value is -4.44. The molecule has 0 atom stereocenters. The van der Waals surface area contributed by atoms with Crippen molar-refractivity contribution in [2.75, 3.05) is 11.9 Å². The fraction of sp³-hybridized carbons (Fsp3) is 0.222. The zero-order valence-electron chi connectivity index (χ0n) is 20.5. The van der Waals surface area contributed by atoms with Gasteiger partial charge in [-0.2, -0.15) is 0 Å². The first-order valence-corrected chi connectivity index (χ1v) is 11.9. The van der Waals surface area contributed by atoms with E-state index in [4.69, 9.17) is 4.74 Å². The summed E-state index contributed by atoms with van der Waals surface area (Å²) in [5.41, 5.74) is 2.64. The third kappa shape index (κ3) is 5.39. The Morgan fingerprint density at radius 2 is 1.92 bits per heavy atom. The number of imidazole rings is 1. The molecular weight excluding hydrogens is 473 g/mol. The highest BCUT2D eigenvalue weighted by Gasteiger charge is 2.17. The van der Waals surface area contributed by atoms with E-state index in [0.717, 1.165) is 5.56 Å². The van der Waals surface area contributed by atoms with Crippen LogP contribution in [0.1, 0.15) is 35.8 Å². The molecule has 3 heterocycles. The summed E-state index contributed by atoms with van der Waals surface area (Å²) >= 11 is 0. The number of hydrogen-bond donors (Lipinski definition) is 1. The van der Waals surface area contributed by atoms with E-state index in [1.165, 1.54) is 12.1 Å². The topological polar surface area (TPSA) is 99.8 Å². The van der Waals surface area contributed by atoms with Crippen molar-refractivity contribution in [3.63, 3.8) is 0 Å². The second-order valence-corrected chi connectivity index (χ2v) is 8.81. The molecule has 0 spiro atoms. The second-order valence-electron chi connectivity index (χ2n) is 8.81. The molecule has 1 N–H and O–H groups in total. The van der Waals surface area contributed by atoms with Crippen molar-refractivity contribution in [2.24, 2.45) is 0 Å². The van der Waals surface area contributed by atoms with Crippen LogP contribution in [-0.4, -0.2) is 41.8 Å². The summed E-state index contributed by atoms with van der Waals surface area (Å²) < 4.78 is 24.3. The summed E-state index contributed by atoms with van der Waals surface area (Å²) in [6.45, 7) is 5.47. The molecule has 9 nitrogen and oxygen atoms in total. The van der Waals surface area contributed by atoms with Gasteiger partial charge in [-0.05, 0) is 37.6 Å². The predicted octanol–water partition coefficient (Wildman–Crippen LogP) is 4.88. The summed E-state index contributed by atoms with van der Waals surface area (Å²) in [7, 11) is 0. The van der Waals surface area contributed by atoms with Crippen molar-refractivity contribution >= 4 is 22.8 Å². The number of hydrogen-bond acceptors (Lipinski definition) is 6. The van der Waals surface area contributed by atoms with Crippen molar-refractivity contribution < 1.29 is 13.9 Å². The van der Waals surface area contributed by atoms with Crippen LogP contribution in [-0.2, 0) is 17.9 Å². The Labute approximate surface area is 213 Å². The number of rotatable bonds is 9. The number of amides is 1. The van der Waals surface area contributed by atoms with Crippen LogP contribution in [0, 0.1) is 5.82 Å². The molecule has 3 aromatic heterocycles. The minimum atomic E-state index is -0.661. The average molecular weight is 500 g/mol. The smallest absolute Gasteiger partial charge is 0.259 e. The standard InChI is InChI=1S/C27H26FN7O2/c1-18(2)35-17-30-33-26(35)22-9-6-10-25(31-22)32-27(36)20-13-24-23(14-21(20)28)29-16-34(24)11-12-37-15-19-7-4-3-5-8-19/h3-10,13-14,16-18H,11-12,15H2,1-2H3,(H,31,32,36). The van der Waals surface area contributed by atoms with E-state index in [0.29, 0.717) is 42.3 Å². The molecular formula is C27H26FN7O2. The summed E-state index contributed by atoms with van der Waals surface area (Å²) in [5.74, 6) is -0.408. The van der Waals surface area contributed by atoms with Gasteiger partial charge in [-0.3, -0.25) is 4.79 Å². The van der Waals surface area contributed by atoms with Gasteiger partial charge in [-0.1, -0.05) is 36.4 Å². The highest BCUT2D eigenvalue weighted by Crippen LogP contribution is 2.22. The Kier molecular flexibility index (Phi) is 7.00. The van der Waals surface area contributed by atoms with Crippen LogP contribution < -0.4 is 5.32 Å². The Morgan fingerprint density at radius 1 is 1.08 bits per heavy atom. The Bertz CT molecular complexity index is 1530. The molecule has 0 unspecified atom stereocenters. The fourth-order valence-corrected chi connectivity index (χ4v) is 3.97. The Morgan fingerprint density at radius 3 is 2.73 bits per heavy atom. The van der Waals surface area contributed by atoms with Gasteiger partial charge in [0.25, 0.3) is 5.91 Å². The number of benzene rings is 2. The first kappa shape index (κ1) is 24.3. The number of fused-ring (bicyclic) bond motifs is 1. The van der Waals surface area contributed by atoms with Gasteiger partial charge >= 0.3 is 0 Å². The molecule has 10 heteroatoms. The first-order chi connectivity index (χ1) is 18.0. The number of ether oxygens (including phenoxy) is 1. The van der Waals surface area contributed by atoms with Gasteiger partial charge in [-0.15, -0.1) is 10.2 Å². The number of pyridine rings is 1. The summed E-state index contributed by atoms with van der Waals surface area (Å²) in [6, 6.07) is 18.0. The molecule has 5 aromatic rings. The van der Waals surface area contributed by atoms with E-state index in [2.05, 4.69) is 25.5 Å². The van der Waals surface area contributed by atoms with E-state index in [1.54, 1.807) is 30.9 Å². The molecule has 5 rings (SSSR count). The average Bonchev–Trinajstić information content (AvgIpc) is 3.54. The SMILES string of the molecule is CC(C)n1cnnc1-c1cccc(NC(=O)c2cc3c(cc2F)ncn3CCOCc2ccccc2)n1. The van der Waals surface area contributed by atoms with Gasteiger partial charge in [0.2, 0.25) is 0 Å². The molecule has 37 heavy (non-hydrogen) atoms. The summed E-state index contributed by atoms with van der Waals surface area (Å²) in [6.07, 6.45) is 3.25. The van der Waals surface area contributed by atoms with Crippen LogP contribution in [0.15, 0.2) is 73.3 Å². The lowest BCUT2D eigenvalue weighted by Gasteiger charge is -2.11. The third-order valence-corrected chi connectivity index (χ3v) is 5.89. The summed E-state index contributed by atoms with van der Waals surface area (Å²) in [5, 5.41) is 10.8. The zero-order chi connectivity index (χ0) is 25.8.